The lowest BCUT2D eigenvalue weighted by Gasteiger charge is -2.05. The Morgan fingerprint density at radius 2 is 2.27 bits per heavy atom. The van der Waals surface area contributed by atoms with Crippen LogP contribution in [-0.4, -0.2) is 23.3 Å². The molecule has 0 aromatic heterocycles. The monoisotopic (exact) mass is 208 g/mol. The van der Waals surface area contributed by atoms with Crippen LogP contribution in [0.15, 0.2) is 24.3 Å². The lowest BCUT2D eigenvalue weighted by molar-refractivity contribution is -0.131. The van der Waals surface area contributed by atoms with Gasteiger partial charge < -0.3 is 14.9 Å². The van der Waals surface area contributed by atoms with Gasteiger partial charge in [0, 0.05) is 6.08 Å². The molecule has 80 valence electrons. The normalized spacial score (nSPS) is 10.5. The summed E-state index contributed by atoms with van der Waals surface area (Å²) in [6, 6.07) is 5.08. The molecule has 0 aliphatic heterocycles. The van der Waals surface area contributed by atoms with E-state index in [9.17, 15) is 4.79 Å². The molecule has 0 bridgehead atoms. The second-order valence-electron chi connectivity index (χ2n) is 2.89. The van der Waals surface area contributed by atoms with Gasteiger partial charge in [0.1, 0.15) is 5.75 Å². The second-order valence-corrected chi connectivity index (χ2v) is 2.89. The summed E-state index contributed by atoms with van der Waals surface area (Å²) < 4.78 is 4.99. The van der Waals surface area contributed by atoms with Crippen molar-refractivity contribution in [1.82, 2.24) is 0 Å². The minimum Gasteiger partial charge on any atom is -0.497 e. The SMILES string of the molecule is COc1ccc(/C=C/C(=O)O)c(CO)c1. The predicted molar refractivity (Wildman–Crippen MR) is 55.6 cm³/mol. The fraction of sp³-hybridized carbons (Fsp3) is 0.182. The smallest absolute Gasteiger partial charge is 0.328 e. The minimum absolute atomic E-state index is 0.156. The van der Waals surface area contributed by atoms with Crippen molar-refractivity contribution in [3.05, 3.63) is 35.4 Å². The molecule has 4 heteroatoms. The third kappa shape index (κ3) is 3.11. The Hall–Kier alpha value is -1.81. The summed E-state index contributed by atoms with van der Waals surface area (Å²) in [4.78, 5) is 10.3. The standard InChI is InChI=1S/C11H12O4/c1-15-10-4-2-8(3-5-11(13)14)9(6-10)7-12/h2-6,12H,7H2,1H3,(H,13,14)/b5-3+. The van der Waals surface area contributed by atoms with E-state index in [1.165, 1.54) is 13.2 Å². The van der Waals surface area contributed by atoms with Crippen molar-refractivity contribution in [2.75, 3.05) is 7.11 Å². The van der Waals surface area contributed by atoms with Gasteiger partial charge >= 0.3 is 5.97 Å². The summed E-state index contributed by atoms with van der Waals surface area (Å²) in [5.74, 6) is -0.388. The molecular formula is C11H12O4. The van der Waals surface area contributed by atoms with Gasteiger partial charge in [-0.15, -0.1) is 0 Å². The van der Waals surface area contributed by atoms with Crippen LogP contribution in [0, 0.1) is 0 Å². The van der Waals surface area contributed by atoms with Gasteiger partial charge in [-0.1, -0.05) is 6.07 Å². The van der Waals surface area contributed by atoms with E-state index >= 15 is 0 Å². The fourth-order valence-electron chi connectivity index (χ4n) is 1.17. The Morgan fingerprint density at radius 3 is 2.80 bits per heavy atom. The van der Waals surface area contributed by atoms with Crippen molar-refractivity contribution in [3.63, 3.8) is 0 Å². The van der Waals surface area contributed by atoms with E-state index in [2.05, 4.69) is 0 Å². The number of aliphatic hydroxyl groups excluding tert-OH is 1. The highest BCUT2D eigenvalue weighted by atomic mass is 16.5. The molecule has 0 unspecified atom stereocenters. The maximum Gasteiger partial charge on any atom is 0.328 e. The molecule has 0 radical (unpaired) electrons. The Morgan fingerprint density at radius 1 is 1.53 bits per heavy atom. The first-order valence-electron chi connectivity index (χ1n) is 4.36. The zero-order chi connectivity index (χ0) is 11.3. The molecule has 0 heterocycles. The van der Waals surface area contributed by atoms with Crippen molar-refractivity contribution in [3.8, 4) is 5.75 Å². The first-order chi connectivity index (χ1) is 7.17. The molecule has 0 atom stereocenters. The van der Waals surface area contributed by atoms with Crippen LogP contribution in [-0.2, 0) is 11.4 Å². The van der Waals surface area contributed by atoms with Crippen LogP contribution in [0.3, 0.4) is 0 Å². The van der Waals surface area contributed by atoms with Crippen molar-refractivity contribution in [2.45, 2.75) is 6.61 Å². The van der Waals surface area contributed by atoms with E-state index < -0.39 is 5.97 Å². The summed E-state index contributed by atoms with van der Waals surface area (Å²) >= 11 is 0. The highest BCUT2D eigenvalue weighted by molar-refractivity contribution is 5.85. The number of hydrogen-bond acceptors (Lipinski definition) is 3. The Kier molecular flexibility index (Phi) is 3.88. The number of hydrogen-bond donors (Lipinski definition) is 2. The molecule has 2 N–H and O–H groups in total. The molecule has 0 aliphatic rings. The zero-order valence-corrected chi connectivity index (χ0v) is 8.30. The molecule has 1 aromatic carbocycles. The summed E-state index contributed by atoms with van der Waals surface area (Å²) in [7, 11) is 1.53. The summed E-state index contributed by atoms with van der Waals surface area (Å²) in [6.45, 7) is -0.156. The van der Waals surface area contributed by atoms with E-state index in [0.717, 1.165) is 6.08 Å². The third-order valence-corrected chi connectivity index (χ3v) is 1.93. The lowest BCUT2D eigenvalue weighted by Crippen LogP contribution is -1.92. The molecule has 0 amide bonds. The Balaban J connectivity index is 3.02. The van der Waals surface area contributed by atoms with Gasteiger partial charge in [0.25, 0.3) is 0 Å². The zero-order valence-electron chi connectivity index (χ0n) is 8.30. The minimum atomic E-state index is -1.02. The van der Waals surface area contributed by atoms with Gasteiger partial charge in [-0.25, -0.2) is 4.79 Å². The number of methoxy groups -OCH3 is 1. The maximum absolute atomic E-state index is 10.3. The number of carboxylic acid groups (broad SMARTS) is 1. The first-order valence-corrected chi connectivity index (χ1v) is 4.36. The quantitative estimate of drug-likeness (QED) is 0.731. The van der Waals surface area contributed by atoms with Crippen molar-refractivity contribution < 1.29 is 19.7 Å². The van der Waals surface area contributed by atoms with Gasteiger partial charge in [0.05, 0.1) is 13.7 Å². The van der Waals surface area contributed by atoms with Crippen LogP contribution >= 0.6 is 0 Å². The van der Waals surface area contributed by atoms with Crippen molar-refractivity contribution >= 4 is 12.0 Å². The molecule has 1 rings (SSSR count). The van der Waals surface area contributed by atoms with Crippen LogP contribution < -0.4 is 4.74 Å². The molecule has 15 heavy (non-hydrogen) atoms. The summed E-state index contributed by atoms with van der Waals surface area (Å²) in [5.41, 5.74) is 1.30. The number of ether oxygens (including phenoxy) is 1. The van der Waals surface area contributed by atoms with E-state index in [4.69, 9.17) is 14.9 Å². The topological polar surface area (TPSA) is 66.8 Å². The third-order valence-electron chi connectivity index (χ3n) is 1.93. The fourth-order valence-corrected chi connectivity index (χ4v) is 1.17. The van der Waals surface area contributed by atoms with Crippen LogP contribution in [0.2, 0.25) is 0 Å². The van der Waals surface area contributed by atoms with E-state index in [0.29, 0.717) is 16.9 Å². The van der Waals surface area contributed by atoms with E-state index in [1.54, 1.807) is 18.2 Å². The van der Waals surface area contributed by atoms with Crippen LogP contribution in [0.25, 0.3) is 6.08 Å². The average Bonchev–Trinajstić information content (AvgIpc) is 2.25. The van der Waals surface area contributed by atoms with E-state index in [1.807, 2.05) is 0 Å². The number of aliphatic carboxylic acids is 1. The number of aliphatic hydroxyl groups is 1. The first kappa shape index (κ1) is 11.3. The molecule has 0 spiro atoms. The van der Waals surface area contributed by atoms with Crippen LogP contribution in [0.5, 0.6) is 5.75 Å². The highest BCUT2D eigenvalue weighted by Gasteiger charge is 2.01. The Bertz CT molecular complexity index is 382. The molecule has 0 aliphatic carbocycles. The summed E-state index contributed by atoms with van der Waals surface area (Å²) in [5, 5.41) is 17.5. The number of rotatable bonds is 4. The second kappa shape index (κ2) is 5.17. The molecule has 0 saturated heterocycles. The maximum atomic E-state index is 10.3. The van der Waals surface area contributed by atoms with Crippen LogP contribution in [0.1, 0.15) is 11.1 Å². The van der Waals surface area contributed by atoms with Gasteiger partial charge in [0.15, 0.2) is 0 Å². The largest absolute Gasteiger partial charge is 0.497 e. The highest BCUT2D eigenvalue weighted by Crippen LogP contribution is 2.18. The molecule has 0 saturated carbocycles. The molecule has 0 fully saturated rings. The molecule has 4 nitrogen and oxygen atoms in total. The van der Waals surface area contributed by atoms with Gasteiger partial charge in [-0.3, -0.25) is 0 Å². The number of benzene rings is 1. The summed E-state index contributed by atoms with van der Waals surface area (Å²) in [6.07, 6.45) is 2.47. The average molecular weight is 208 g/mol. The number of carboxylic acids is 1. The van der Waals surface area contributed by atoms with Gasteiger partial charge in [-0.05, 0) is 29.3 Å². The number of carbonyl (C=O) groups is 1. The van der Waals surface area contributed by atoms with Gasteiger partial charge in [-0.2, -0.15) is 0 Å². The van der Waals surface area contributed by atoms with Crippen molar-refractivity contribution in [2.24, 2.45) is 0 Å². The van der Waals surface area contributed by atoms with Crippen LogP contribution in [0.4, 0.5) is 0 Å². The molecular weight excluding hydrogens is 196 g/mol. The molecule has 1 aromatic rings. The van der Waals surface area contributed by atoms with E-state index in [-0.39, 0.29) is 6.61 Å². The van der Waals surface area contributed by atoms with Gasteiger partial charge in [0.2, 0.25) is 0 Å². The lowest BCUT2D eigenvalue weighted by atomic mass is 10.1. The Labute approximate surface area is 87.4 Å². The van der Waals surface area contributed by atoms with Crippen molar-refractivity contribution in [1.29, 1.82) is 0 Å². The predicted octanol–water partition coefficient (Wildman–Crippen LogP) is 1.29.